The number of nitrogens with one attached hydrogen (secondary N) is 1. The average molecular weight is 255 g/mol. The standard InChI is InChI=1S/C12H21N3OS/c1-2-15-6-3-9(8-15)7-14-11(16)12(4-5-12)10(13)17/h9H,2-8H2,1H3,(H2,13,17)(H,14,16). The second-order valence-corrected chi connectivity index (χ2v) is 5.64. The van der Waals surface area contributed by atoms with Crippen LogP contribution in [0.15, 0.2) is 0 Å². The maximum absolute atomic E-state index is 12.0. The molecule has 0 aromatic carbocycles. The lowest BCUT2D eigenvalue weighted by Gasteiger charge is -2.17. The third kappa shape index (κ3) is 2.60. The summed E-state index contributed by atoms with van der Waals surface area (Å²) in [5.74, 6) is 0.626. The van der Waals surface area contributed by atoms with Crippen LogP contribution >= 0.6 is 12.2 Å². The van der Waals surface area contributed by atoms with Crippen molar-refractivity contribution < 1.29 is 4.79 Å². The second-order valence-electron chi connectivity index (χ2n) is 5.20. The van der Waals surface area contributed by atoms with Gasteiger partial charge < -0.3 is 16.0 Å². The first-order valence-electron chi connectivity index (χ1n) is 6.39. The topological polar surface area (TPSA) is 58.4 Å². The smallest absolute Gasteiger partial charge is 0.233 e. The Morgan fingerprint density at radius 3 is 2.76 bits per heavy atom. The minimum Gasteiger partial charge on any atom is -0.392 e. The Labute approximate surface area is 108 Å². The number of nitrogens with zero attached hydrogens (tertiary/aromatic N) is 1. The fourth-order valence-corrected chi connectivity index (χ4v) is 2.78. The van der Waals surface area contributed by atoms with Gasteiger partial charge in [0.25, 0.3) is 0 Å². The van der Waals surface area contributed by atoms with Gasteiger partial charge in [-0.3, -0.25) is 4.79 Å². The van der Waals surface area contributed by atoms with E-state index < -0.39 is 5.41 Å². The van der Waals surface area contributed by atoms with Crippen LogP contribution in [0.25, 0.3) is 0 Å². The molecule has 0 aromatic rings. The highest BCUT2D eigenvalue weighted by atomic mass is 32.1. The molecule has 0 aromatic heterocycles. The highest BCUT2D eigenvalue weighted by Gasteiger charge is 2.52. The van der Waals surface area contributed by atoms with E-state index in [9.17, 15) is 4.79 Å². The number of carbonyl (C=O) groups is 1. The maximum atomic E-state index is 12.0. The first-order chi connectivity index (χ1) is 8.08. The first kappa shape index (κ1) is 12.8. The van der Waals surface area contributed by atoms with E-state index in [0.717, 1.165) is 39.0 Å². The van der Waals surface area contributed by atoms with E-state index in [1.807, 2.05) is 0 Å². The van der Waals surface area contributed by atoms with Gasteiger partial charge >= 0.3 is 0 Å². The van der Waals surface area contributed by atoms with Crippen molar-refractivity contribution in [2.24, 2.45) is 17.1 Å². The lowest BCUT2D eigenvalue weighted by atomic mass is 10.1. The Morgan fingerprint density at radius 2 is 2.29 bits per heavy atom. The summed E-state index contributed by atoms with van der Waals surface area (Å²) in [6.07, 6.45) is 2.81. The monoisotopic (exact) mass is 255 g/mol. The van der Waals surface area contributed by atoms with Gasteiger partial charge in [0.15, 0.2) is 0 Å². The number of carbonyl (C=O) groups excluding carboxylic acids is 1. The molecule has 4 nitrogen and oxygen atoms in total. The molecule has 1 aliphatic heterocycles. The second kappa shape index (κ2) is 4.90. The van der Waals surface area contributed by atoms with Crippen molar-refractivity contribution in [1.29, 1.82) is 0 Å². The summed E-state index contributed by atoms with van der Waals surface area (Å²) in [5, 5.41) is 3.02. The van der Waals surface area contributed by atoms with Crippen LogP contribution in [-0.4, -0.2) is 42.0 Å². The van der Waals surface area contributed by atoms with Crippen LogP contribution in [0, 0.1) is 11.3 Å². The molecule has 1 heterocycles. The van der Waals surface area contributed by atoms with Crippen LogP contribution in [0.4, 0.5) is 0 Å². The van der Waals surface area contributed by atoms with Crippen molar-refractivity contribution >= 4 is 23.1 Å². The molecule has 0 spiro atoms. The zero-order valence-electron chi connectivity index (χ0n) is 10.4. The van der Waals surface area contributed by atoms with Gasteiger partial charge in [0.2, 0.25) is 5.91 Å². The maximum Gasteiger partial charge on any atom is 0.233 e. The SMILES string of the molecule is CCN1CCC(CNC(=O)C2(C(N)=S)CC2)C1. The zero-order chi connectivity index (χ0) is 12.5. The molecule has 1 saturated carbocycles. The van der Waals surface area contributed by atoms with E-state index in [4.69, 9.17) is 18.0 Å². The van der Waals surface area contributed by atoms with Crippen molar-refractivity contribution in [1.82, 2.24) is 10.2 Å². The number of likely N-dealkylation sites (tertiary alicyclic amines) is 1. The summed E-state index contributed by atoms with van der Waals surface area (Å²) in [7, 11) is 0. The highest BCUT2D eigenvalue weighted by Crippen LogP contribution is 2.46. The van der Waals surface area contributed by atoms with Crippen LogP contribution in [0.1, 0.15) is 26.2 Å². The highest BCUT2D eigenvalue weighted by molar-refractivity contribution is 7.80. The Kier molecular flexibility index (Phi) is 3.68. The average Bonchev–Trinajstić information content (AvgIpc) is 3.00. The first-order valence-corrected chi connectivity index (χ1v) is 6.80. The predicted octanol–water partition coefficient (Wildman–Crippen LogP) is 0.511. The third-order valence-electron chi connectivity index (χ3n) is 4.02. The molecule has 1 aliphatic carbocycles. The summed E-state index contributed by atoms with van der Waals surface area (Å²) in [6, 6.07) is 0. The lowest BCUT2D eigenvalue weighted by Crippen LogP contribution is -2.41. The van der Waals surface area contributed by atoms with Gasteiger partial charge in [-0.25, -0.2) is 0 Å². The van der Waals surface area contributed by atoms with E-state index in [1.54, 1.807) is 0 Å². The van der Waals surface area contributed by atoms with Crippen LogP contribution in [-0.2, 0) is 4.79 Å². The van der Waals surface area contributed by atoms with Gasteiger partial charge in [-0.2, -0.15) is 0 Å². The molecule has 0 radical (unpaired) electrons. The van der Waals surface area contributed by atoms with Crippen molar-refractivity contribution in [2.45, 2.75) is 26.2 Å². The molecule has 5 heteroatoms. The molecule has 1 amide bonds. The Balaban J connectivity index is 1.76. The summed E-state index contributed by atoms with van der Waals surface area (Å²) in [4.78, 5) is 14.8. The van der Waals surface area contributed by atoms with Crippen molar-refractivity contribution in [2.75, 3.05) is 26.2 Å². The van der Waals surface area contributed by atoms with Gasteiger partial charge in [0.05, 0.1) is 10.4 Å². The quantitative estimate of drug-likeness (QED) is 0.703. The van der Waals surface area contributed by atoms with E-state index in [-0.39, 0.29) is 5.91 Å². The number of rotatable bonds is 5. The molecule has 96 valence electrons. The van der Waals surface area contributed by atoms with E-state index >= 15 is 0 Å². The molecule has 0 bridgehead atoms. The minimum absolute atomic E-state index is 0.0416. The van der Waals surface area contributed by atoms with Crippen LogP contribution < -0.4 is 11.1 Å². The number of thiocarbonyl (C=S) groups is 1. The third-order valence-corrected chi connectivity index (χ3v) is 4.42. The summed E-state index contributed by atoms with van der Waals surface area (Å²) in [6.45, 7) is 6.28. The number of nitrogens with two attached hydrogens (primary N) is 1. The molecule has 2 rings (SSSR count). The van der Waals surface area contributed by atoms with Crippen LogP contribution in [0.2, 0.25) is 0 Å². The Morgan fingerprint density at radius 1 is 1.59 bits per heavy atom. The van der Waals surface area contributed by atoms with Crippen molar-refractivity contribution in [3.63, 3.8) is 0 Å². The van der Waals surface area contributed by atoms with E-state index in [1.165, 1.54) is 6.42 Å². The summed E-state index contributed by atoms with van der Waals surface area (Å²) < 4.78 is 0. The summed E-state index contributed by atoms with van der Waals surface area (Å²) >= 11 is 4.97. The molecule has 1 saturated heterocycles. The molecule has 17 heavy (non-hydrogen) atoms. The molecular formula is C12H21N3OS. The molecule has 1 unspecified atom stereocenters. The largest absolute Gasteiger partial charge is 0.392 e. The fraction of sp³-hybridized carbons (Fsp3) is 0.833. The van der Waals surface area contributed by atoms with E-state index in [2.05, 4.69) is 17.1 Å². The number of amides is 1. The summed E-state index contributed by atoms with van der Waals surface area (Å²) in [5.41, 5.74) is 5.12. The molecular weight excluding hydrogens is 234 g/mol. The van der Waals surface area contributed by atoms with Crippen molar-refractivity contribution in [3.8, 4) is 0 Å². The normalized spacial score (nSPS) is 26.8. The lowest BCUT2D eigenvalue weighted by molar-refractivity contribution is -0.124. The minimum atomic E-state index is -0.502. The zero-order valence-corrected chi connectivity index (χ0v) is 11.2. The van der Waals surface area contributed by atoms with Gasteiger partial charge in [-0.1, -0.05) is 19.1 Å². The van der Waals surface area contributed by atoms with Gasteiger partial charge in [-0.15, -0.1) is 0 Å². The number of hydrogen-bond acceptors (Lipinski definition) is 3. The molecule has 3 N–H and O–H groups in total. The van der Waals surface area contributed by atoms with Gasteiger partial charge in [0.1, 0.15) is 0 Å². The number of hydrogen-bond donors (Lipinski definition) is 2. The molecule has 2 aliphatic rings. The van der Waals surface area contributed by atoms with Crippen LogP contribution in [0.3, 0.4) is 0 Å². The van der Waals surface area contributed by atoms with Gasteiger partial charge in [-0.05, 0) is 38.3 Å². The van der Waals surface area contributed by atoms with Crippen LogP contribution in [0.5, 0.6) is 0 Å². The Bertz CT molecular complexity index is 328. The van der Waals surface area contributed by atoms with E-state index in [0.29, 0.717) is 10.9 Å². The fourth-order valence-electron chi connectivity index (χ4n) is 2.48. The van der Waals surface area contributed by atoms with Crippen molar-refractivity contribution in [3.05, 3.63) is 0 Å². The Hall–Kier alpha value is -0.680. The predicted molar refractivity (Wildman–Crippen MR) is 71.7 cm³/mol. The molecule has 1 atom stereocenters. The molecule has 2 fully saturated rings. The van der Waals surface area contributed by atoms with Gasteiger partial charge in [0, 0.05) is 13.1 Å².